The van der Waals surface area contributed by atoms with E-state index in [2.05, 4.69) is 0 Å². The molecule has 1 atom stereocenters. The van der Waals surface area contributed by atoms with Crippen LogP contribution in [0.5, 0.6) is 28.7 Å². The molecule has 1 aromatic heterocycles. The van der Waals surface area contributed by atoms with Crippen LogP contribution in [0.4, 0.5) is 0 Å². The Morgan fingerprint density at radius 3 is 2.44 bits per heavy atom. The van der Waals surface area contributed by atoms with Crippen molar-refractivity contribution in [2.75, 3.05) is 7.11 Å². The van der Waals surface area contributed by atoms with Crippen molar-refractivity contribution in [3.63, 3.8) is 0 Å². The van der Waals surface area contributed by atoms with Crippen LogP contribution in [0, 0.1) is 0 Å². The molecule has 0 unspecified atom stereocenters. The number of hydrogen-bond acceptors (Lipinski definition) is 8. The van der Waals surface area contributed by atoms with E-state index in [1.165, 1.54) is 24.5 Å². The van der Waals surface area contributed by atoms with Crippen LogP contribution in [0.1, 0.15) is 37.3 Å². The van der Waals surface area contributed by atoms with Crippen LogP contribution < -0.4 is 19.6 Å². The summed E-state index contributed by atoms with van der Waals surface area (Å²) < 4.78 is 22.7. The lowest BCUT2D eigenvalue weighted by Crippen LogP contribution is -2.22. The van der Waals surface area contributed by atoms with E-state index in [1.54, 1.807) is 31.4 Å². The number of phenolic OH excluding ortho intramolecular Hbond substituents is 2. The Kier molecular flexibility index (Phi) is 5.80. The van der Waals surface area contributed by atoms with E-state index in [9.17, 15) is 19.8 Å². The fraction of sp³-hybridized carbons (Fsp3) is 0.214. The van der Waals surface area contributed by atoms with Gasteiger partial charge in [0.1, 0.15) is 34.5 Å². The van der Waals surface area contributed by atoms with Crippen molar-refractivity contribution < 1.29 is 33.6 Å². The third-order valence-corrected chi connectivity index (χ3v) is 6.10. The van der Waals surface area contributed by atoms with Gasteiger partial charge in [-0.3, -0.25) is 9.59 Å². The van der Waals surface area contributed by atoms with Gasteiger partial charge < -0.3 is 28.8 Å². The Labute approximate surface area is 206 Å². The summed E-state index contributed by atoms with van der Waals surface area (Å²) >= 11 is 0. The quantitative estimate of drug-likeness (QED) is 0.294. The number of methoxy groups -OCH3 is 1. The highest BCUT2D eigenvalue weighted by Gasteiger charge is 2.34. The van der Waals surface area contributed by atoms with Gasteiger partial charge in [-0.2, -0.15) is 0 Å². The average Bonchev–Trinajstić information content (AvgIpc) is 2.83. The van der Waals surface area contributed by atoms with Crippen LogP contribution in [0.3, 0.4) is 0 Å². The number of hydrogen-bond donors (Lipinski definition) is 2. The monoisotopic (exact) mass is 488 g/mol. The van der Waals surface area contributed by atoms with Crippen molar-refractivity contribution in [2.24, 2.45) is 0 Å². The van der Waals surface area contributed by atoms with Crippen molar-refractivity contribution in [1.82, 2.24) is 0 Å². The molecule has 0 bridgehead atoms. The largest absolute Gasteiger partial charge is 0.508 e. The van der Waals surface area contributed by atoms with Gasteiger partial charge in [-0.15, -0.1) is 0 Å². The van der Waals surface area contributed by atoms with Crippen LogP contribution in [-0.2, 0) is 4.79 Å². The molecular weight excluding hydrogens is 464 g/mol. The molecule has 3 aromatic carbocycles. The second-order valence-corrected chi connectivity index (χ2v) is 8.84. The number of phenols is 2. The van der Waals surface area contributed by atoms with Crippen molar-refractivity contribution in [3.8, 4) is 39.9 Å². The van der Waals surface area contributed by atoms with Gasteiger partial charge in [0, 0.05) is 17.5 Å². The Hall–Kier alpha value is -4.46. The molecule has 0 aliphatic carbocycles. The zero-order valence-corrected chi connectivity index (χ0v) is 19.9. The highest BCUT2D eigenvalue weighted by atomic mass is 16.5. The summed E-state index contributed by atoms with van der Waals surface area (Å²) in [6.45, 7) is 3.80. The number of aromatic hydroxyl groups is 2. The Morgan fingerprint density at radius 1 is 1.00 bits per heavy atom. The topological polar surface area (TPSA) is 115 Å². The zero-order valence-electron chi connectivity index (χ0n) is 19.9. The molecule has 0 saturated heterocycles. The first-order valence-electron chi connectivity index (χ1n) is 11.4. The summed E-state index contributed by atoms with van der Waals surface area (Å²) in [7, 11) is 1.55. The van der Waals surface area contributed by atoms with Gasteiger partial charge in [0.15, 0.2) is 11.5 Å². The van der Waals surface area contributed by atoms with Gasteiger partial charge in [0.2, 0.25) is 5.43 Å². The number of carbonyl (C=O) groups is 1. The number of rotatable bonds is 5. The maximum Gasteiger partial charge on any atom is 0.312 e. The number of esters is 1. The molecule has 184 valence electrons. The number of fused-ring (bicyclic) bond motifs is 3. The van der Waals surface area contributed by atoms with Crippen LogP contribution in [-0.4, -0.2) is 29.4 Å². The van der Waals surface area contributed by atoms with Crippen LogP contribution in [0.15, 0.2) is 64.0 Å². The first-order chi connectivity index (χ1) is 17.3. The molecule has 0 radical (unpaired) electrons. The average molecular weight is 488 g/mol. The highest BCUT2D eigenvalue weighted by molar-refractivity contribution is 5.94. The number of carbonyl (C=O) groups excluding carboxylic acids is 1. The van der Waals surface area contributed by atoms with Crippen molar-refractivity contribution in [3.05, 3.63) is 76.1 Å². The first-order valence-corrected chi connectivity index (χ1v) is 11.4. The van der Waals surface area contributed by atoms with E-state index >= 15 is 0 Å². The minimum atomic E-state index is -0.521. The summed E-state index contributed by atoms with van der Waals surface area (Å²) in [5.74, 6) is -0.0971. The van der Waals surface area contributed by atoms with Gasteiger partial charge in [0.05, 0.1) is 25.2 Å². The van der Waals surface area contributed by atoms with Crippen LogP contribution in [0.25, 0.3) is 22.1 Å². The van der Waals surface area contributed by atoms with Gasteiger partial charge >= 0.3 is 5.97 Å². The van der Waals surface area contributed by atoms with Gasteiger partial charge in [-0.1, -0.05) is 18.2 Å². The fourth-order valence-electron chi connectivity index (χ4n) is 4.51. The predicted molar refractivity (Wildman–Crippen MR) is 132 cm³/mol. The van der Waals surface area contributed by atoms with E-state index in [-0.39, 0.29) is 46.3 Å². The molecule has 0 spiro atoms. The smallest absolute Gasteiger partial charge is 0.312 e. The molecule has 8 heteroatoms. The third-order valence-electron chi connectivity index (χ3n) is 6.10. The first kappa shape index (κ1) is 23.3. The molecular formula is C28H24O8. The Bertz CT molecular complexity index is 1530. The van der Waals surface area contributed by atoms with Crippen LogP contribution in [0.2, 0.25) is 0 Å². The van der Waals surface area contributed by atoms with Crippen molar-refractivity contribution in [2.45, 2.75) is 32.3 Å². The molecule has 2 heterocycles. The summed E-state index contributed by atoms with van der Waals surface area (Å²) in [5, 5.41) is 20.3. The maximum atomic E-state index is 13.5. The zero-order chi connectivity index (χ0) is 25.6. The van der Waals surface area contributed by atoms with E-state index in [0.29, 0.717) is 22.6 Å². The molecule has 1 aliphatic heterocycles. The van der Waals surface area contributed by atoms with Gasteiger partial charge in [0.25, 0.3) is 0 Å². The summed E-state index contributed by atoms with van der Waals surface area (Å²) in [4.78, 5) is 26.0. The fourth-order valence-corrected chi connectivity index (χ4v) is 4.51. The van der Waals surface area contributed by atoms with Gasteiger partial charge in [-0.05, 0) is 49.2 Å². The highest BCUT2D eigenvalue weighted by Crippen LogP contribution is 2.47. The number of benzene rings is 3. The van der Waals surface area contributed by atoms with Crippen LogP contribution >= 0.6 is 0 Å². The molecule has 0 amide bonds. The SMILES string of the molecule is COc1ccc([C@@H]2CC(=O)Oc3cc(O)c4c(=O)c(-c5ccc(O)cc5)coc4c32)cc1OC(C)C. The summed E-state index contributed by atoms with van der Waals surface area (Å²) in [6.07, 6.45) is 1.21. The number of ether oxygens (including phenoxy) is 3. The normalized spacial score (nSPS) is 15.0. The standard InChI is InChI=1S/C28H24O8/c1-14(2)35-22-10-16(6-9-21(22)33-3)18-11-24(31)36-23-12-20(30)26-27(32)19(13-34-28(26)25(18)23)15-4-7-17(29)8-5-15/h4-10,12-14,18,29-30H,11H2,1-3H3/t18-/m0/s1. The lowest BCUT2D eigenvalue weighted by Gasteiger charge is -2.26. The minimum Gasteiger partial charge on any atom is -0.508 e. The lowest BCUT2D eigenvalue weighted by molar-refractivity contribution is -0.135. The Balaban J connectivity index is 1.72. The molecule has 36 heavy (non-hydrogen) atoms. The molecule has 4 aromatic rings. The lowest BCUT2D eigenvalue weighted by atomic mass is 9.84. The molecule has 1 aliphatic rings. The van der Waals surface area contributed by atoms with E-state index < -0.39 is 17.3 Å². The Morgan fingerprint density at radius 2 is 1.75 bits per heavy atom. The van der Waals surface area contributed by atoms with E-state index in [4.69, 9.17) is 18.6 Å². The maximum absolute atomic E-state index is 13.5. The predicted octanol–water partition coefficient (Wildman–Crippen LogP) is 5.11. The second-order valence-electron chi connectivity index (χ2n) is 8.84. The summed E-state index contributed by atoms with van der Waals surface area (Å²) in [5.41, 5.74) is 1.65. The van der Waals surface area contributed by atoms with E-state index in [1.807, 2.05) is 19.9 Å². The molecule has 5 rings (SSSR count). The van der Waals surface area contributed by atoms with E-state index in [0.717, 1.165) is 5.56 Å². The minimum absolute atomic E-state index is 0.00372. The molecule has 0 saturated carbocycles. The van der Waals surface area contributed by atoms with Crippen molar-refractivity contribution in [1.29, 1.82) is 0 Å². The molecule has 8 nitrogen and oxygen atoms in total. The molecule has 2 N–H and O–H groups in total. The third kappa shape index (κ3) is 4.00. The van der Waals surface area contributed by atoms with Gasteiger partial charge in [-0.25, -0.2) is 0 Å². The molecule has 0 fully saturated rings. The van der Waals surface area contributed by atoms with Crippen molar-refractivity contribution >= 4 is 16.9 Å². The summed E-state index contributed by atoms with van der Waals surface area (Å²) in [6, 6.07) is 12.7. The second kappa shape index (κ2) is 8.96.